The van der Waals surface area contributed by atoms with Crippen molar-refractivity contribution in [3.05, 3.63) is 72.1 Å². The molecule has 0 amide bonds. The first kappa shape index (κ1) is 13.8. The van der Waals surface area contributed by atoms with Gasteiger partial charge in [-0.2, -0.15) is 5.26 Å². The van der Waals surface area contributed by atoms with Gasteiger partial charge in [-0.05, 0) is 11.6 Å². The SMILES string of the molecule is Cn1c(/C(C#N)=C/c2ccccc2)nnc1-c1ccccc1. The fraction of sp³-hybridized carbons (Fsp3) is 0.0556. The monoisotopic (exact) mass is 286 g/mol. The molecule has 22 heavy (non-hydrogen) atoms. The van der Waals surface area contributed by atoms with Crippen molar-refractivity contribution in [3.63, 3.8) is 0 Å². The Kier molecular flexibility index (Phi) is 3.80. The molecule has 3 rings (SSSR count). The van der Waals surface area contributed by atoms with Crippen molar-refractivity contribution in [1.29, 1.82) is 5.26 Å². The summed E-state index contributed by atoms with van der Waals surface area (Å²) in [6, 6.07) is 21.7. The fourth-order valence-corrected chi connectivity index (χ4v) is 2.27. The molecule has 0 unspecified atom stereocenters. The number of aromatic nitrogens is 3. The van der Waals surface area contributed by atoms with Gasteiger partial charge in [0.2, 0.25) is 0 Å². The van der Waals surface area contributed by atoms with E-state index in [9.17, 15) is 5.26 Å². The lowest BCUT2D eigenvalue weighted by molar-refractivity contribution is 0.901. The predicted molar refractivity (Wildman–Crippen MR) is 86.4 cm³/mol. The zero-order chi connectivity index (χ0) is 15.4. The van der Waals surface area contributed by atoms with E-state index in [-0.39, 0.29) is 0 Å². The van der Waals surface area contributed by atoms with Gasteiger partial charge in [-0.1, -0.05) is 60.7 Å². The topological polar surface area (TPSA) is 54.5 Å². The molecule has 0 spiro atoms. The molecule has 4 nitrogen and oxygen atoms in total. The Hall–Kier alpha value is -3.19. The van der Waals surface area contributed by atoms with Crippen LogP contribution in [0.5, 0.6) is 0 Å². The first-order chi connectivity index (χ1) is 10.8. The van der Waals surface area contributed by atoms with Crippen LogP contribution in [-0.2, 0) is 7.05 Å². The van der Waals surface area contributed by atoms with Crippen LogP contribution < -0.4 is 0 Å². The molecule has 3 aromatic rings. The maximum atomic E-state index is 9.45. The van der Waals surface area contributed by atoms with E-state index in [4.69, 9.17) is 0 Å². The molecule has 2 aromatic carbocycles. The molecule has 0 saturated carbocycles. The Morgan fingerprint density at radius 2 is 1.64 bits per heavy atom. The zero-order valence-corrected chi connectivity index (χ0v) is 12.1. The van der Waals surface area contributed by atoms with Crippen molar-refractivity contribution in [3.8, 4) is 17.5 Å². The van der Waals surface area contributed by atoms with Gasteiger partial charge >= 0.3 is 0 Å². The maximum Gasteiger partial charge on any atom is 0.174 e. The Morgan fingerprint density at radius 1 is 1.00 bits per heavy atom. The van der Waals surface area contributed by atoms with Gasteiger partial charge in [0.1, 0.15) is 6.07 Å². The minimum atomic E-state index is 0.489. The standard InChI is InChI=1S/C18H14N4/c1-22-17(15-10-6-3-7-11-15)20-21-18(22)16(13-19)12-14-8-4-2-5-9-14/h2-12H,1H3/b16-12+. The van der Waals surface area contributed by atoms with E-state index in [0.717, 1.165) is 17.0 Å². The normalized spacial score (nSPS) is 11.2. The molecule has 0 aliphatic carbocycles. The van der Waals surface area contributed by atoms with Crippen LogP contribution in [0.3, 0.4) is 0 Å². The Labute approximate surface area is 129 Å². The number of allylic oxidation sites excluding steroid dienone is 1. The van der Waals surface area contributed by atoms with E-state index in [2.05, 4.69) is 16.3 Å². The molecule has 4 heteroatoms. The van der Waals surface area contributed by atoms with Crippen molar-refractivity contribution in [2.45, 2.75) is 0 Å². The third-order valence-electron chi connectivity index (χ3n) is 3.38. The van der Waals surface area contributed by atoms with Gasteiger partial charge in [-0.15, -0.1) is 10.2 Å². The molecule has 0 bridgehead atoms. The third kappa shape index (κ3) is 2.65. The van der Waals surface area contributed by atoms with Gasteiger partial charge in [0.05, 0.1) is 5.57 Å². The molecule has 1 aromatic heterocycles. The molecule has 0 aliphatic heterocycles. The number of rotatable bonds is 3. The minimum Gasteiger partial charge on any atom is -0.310 e. The Morgan fingerprint density at radius 3 is 2.27 bits per heavy atom. The molecular formula is C18H14N4. The molecule has 0 fully saturated rings. The van der Waals surface area contributed by atoms with Crippen LogP contribution >= 0.6 is 0 Å². The molecule has 0 radical (unpaired) electrons. The number of nitrogens with zero attached hydrogens (tertiary/aromatic N) is 4. The van der Waals surface area contributed by atoms with Crippen LogP contribution in [0.1, 0.15) is 11.4 Å². The van der Waals surface area contributed by atoms with Crippen molar-refractivity contribution < 1.29 is 0 Å². The van der Waals surface area contributed by atoms with Crippen molar-refractivity contribution in [1.82, 2.24) is 14.8 Å². The molecule has 1 heterocycles. The Balaban J connectivity index is 2.04. The van der Waals surface area contributed by atoms with Crippen LogP contribution in [-0.4, -0.2) is 14.8 Å². The molecule has 0 aliphatic rings. The summed E-state index contributed by atoms with van der Waals surface area (Å²) in [6.45, 7) is 0. The second-order valence-electron chi connectivity index (χ2n) is 4.85. The van der Waals surface area contributed by atoms with E-state index < -0.39 is 0 Å². The summed E-state index contributed by atoms with van der Waals surface area (Å²) in [5, 5.41) is 17.8. The summed E-state index contributed by atoms with van der Waals surface area (Å²) in [7, 11) is 1.87. The summed E-state index contributed by atoms with van der Waals surface area (Å²) in [4.78, 5) is 0. The molecule has 0 N–H and O–H groups in total. The largest absolute Gasteiger partial charge is 0.310 e. The second-order valence-corrected chi connectivity index (χ2v) is 4.85. The first-order valence-electron chi connectivity index (χ1n) is 6.91. The third-order valence-corrected chi connectivity index (χ3v) is 3.38. The maximum absolute atomic E-state index is 9.45. The highest BCUT2D eigenvalue weighted by Gasteiger charge is 2.14. The highest BCUT2D eigenvalue weighted by Crippen LogP contribution is 2.21. The lowest BCUT2D eigenvalue weighted by atomic mass is 10.1. The lowest BCUT2D eigenvalue weighted by Gasteiger charge is -2.03. The first-order valence-corrected chi connectivity index (χ1v) is 6.91. The summed E-state index contributed by atoms with van der Waals surface area (Å²) in [6.07, 6.45) is 1.82. The average molecular weight is 286 g/mol. The Bertz CT molecular complexity index is 840. The van der Waals surface area contributed by atoms with E-state index >= 15 is 0 Å². The average Bonchev–Trinajstić information content (AvgIpc) is 2.96. The number of nitriles is 1. The fourth-order valence-electron chi connectivity index (χ4n) is 2.27. The highest BCUT2D eigenvalue weighted by molar-refractivity contribution is 5.87. The van der Waals surface area contributed by atoms with Crippen molar-refractivity contribution in [2.24, 2.45) is 7.05 Å². The van der Waals surface area contributed by atoms with Crippen LogP contribution in [0.2, 0.25) is 0 Å². The summed E-state index contributed by atoms with van der Waals surface area (Å²) in [5.74, 6) is 1.30. The smallest absolute Gasteiger partial charge is 0.174 e. The van der Waals surface area contributed by atoms with E-state index in [1.165, 1.54) is 0 Å². The van der Waals surface area contributed by atoms with Gasteiger partial charge in [-0.3, -0.25) is 0 Å². The zero-order valence-electron chi connectivity index (χ0n) is 12.1. The van der Waals surface area contributed by atoms with Gasteiger partial charge in [0, 0.05) is 12.6 Å². The van der Waals surface area contributed by atoms with Gasteiger partial charge in [0.25, 0.3) is 0 Å². The predicted octanol–water partition coefficient (Wildman–Crippen LogP) is 3.55. The van der Waals surface area contributed by atoms with E-state index in [1.807, 2.05) is 78.4 Å². The quantitative estimate of drug-likeness (QED) is 0.692. The summed E-state index contributed by atoms with van der Waals surface area (Å²) >= 11 is 0. The second kappa shape index (κ2) is 6.06. The van der Waals surface area contributed by atoms with Crippen molar-refractivity contribution >= 4 is 11.6 Å². The molecule has 0 atom stereocenters. The van der Waals surface area contributed by atoms with Crippen molar-refractivity contribution in [2.75, 3.05) is 0 Å². The van der Waals surface area contributed by atoms with Crippen LogP contribution in [0.25, 0.3) is 23.0 Å². The van der Waals surface area contributed by atoms with Crippen LogP contribution in [0, 0.1) is 11.3 Å². The number of hydrogen-bond donors (Lipinski definition) is 0. The molecule has 0 saturated heterocycles. The van der Waals surface area contributed by atoms with Crippen LogP contribution in [0.4, 0.5) is 0 Å². The minimum absolute atomic E-state index is 0.489. The highest BCUT2D eigenvalue weighted by atomic mass is 15.3. The summed E-state index contributed by atoms with van der Waals surface area (Å²) < 4.78 is 1.84. The van der Waals surface area contributed by atoms with Gasteiger partial charge in [-0.25, -0.2) is 0 Å². The molecule has 106 valence electrons. The van der Waals surface area contributed by atoms with E-state index in [1.54, 1.807) is 0 Å². The molecular weight excluding hydrogens is 272 g/mol. The number of benzene rings is 2. The van der Waals surface area contributed by atoms with Gasteiger partial charge < -0.3 is 4.57 Å². The number of hydrogen-bond acceptors (Lipinski definition) is 3. The van der Waals surface area contributed by atoms with Crippen LogP contribution in [0.15, 0.2) is 60.7 Å². The lowest BCUT2D eigenvalue weighted by Crippen LogP contribution is -1.98. The van der Waals surface area contributed by atoms with Gasteiger partial charge in [0.15, 0.2) is 11.6 Å². The van der Waals surface area contributed by atoms with E-state index in [0.29, 0.717) is 11.4 Å². The summed E-state index contributed by atoms with van der Waals surface area (Å²) in [5.41, 5.74) is 2.42.